The quantitative estimate of drug-likeness (QED) is 0.397. The maximum absolute atomic E-state index is 10.3. The third kappa shape index (κ3) is 5.38. The molecule has 9 heteroatoms. The van der Waals surface area contributed by atoms with Crippen LogP contribution in [0.3, 0.4) is 0 Å². The number of hydrogen-bond donors (Lipinski definition) is 5. The van der Waals surface area contributed by atoms with Crippen molar-refractivity contribution in [3.05, 3.63) is 47.5 Å². The Morgan fingerprint density at radius 3 is 2.06 bits per heavy atom. The molecule has 0 aromatic heterocycles. The SMILES string of the molecule is COc1cc(CCc2ccc(O[C@@H]3O[C@H](CO)[C@@H](O)[C@H](O)[C@H]3O)c(O)c2)cc(OC)c1. The van der Waals surface area contributed by atoms with Gasteiger partial charge in [-0.1, -0.05) is 6.07 Å². The summed E-state index contributed by atoms with van der Waals surface area (Å²) in [4.78, 5) is 0. The molecule has 0 amide bonds. The second kappa shape index (κ2) is 10.2. The highest BCUT2D eigenvalue weighted by molar-refractivity contribution is 5.43. The lowest BCUT2D eigenvalue weighted by Gasteiger charge is -2.39. The Labute approximate surface area is 180 Å². The van der Waals surface area contributed by atoms with Crippen molar-refractivity contribution >= 4 is 0 Å². The van der Waals surface area contributed by atoms with Crippen molar-refractivity contribution in [2.45, 2.75) is 43.5 Å². The van der Waals surface area contributed by atoms with Crippen LogP contribution in [-0.2, 0) is 17.6 Å². The van der Waals surface area contributed by atoms with Gasteiger partial charge >= 0.3 is 0 Å². The molecule has 0 radical (unpaired) electrons. The second-order valence-electron chi connectivity index (χ2n) is 7.34. The molecule has 5 N–H and O–H groups in total. The number of benzene rings is 2. The highest BCUT2D eigenvalue weighted by Crippen LogP contribution is 2.32. The summed E-state index contributed by atoms with van der Waals surface area (Å²) in [6, 6.07) is 10.4. The van der Waals surface area contributed by atoms with E-state index in [9.17, 15) is 25.5 Å². The average Bonchev–Trinajstić information content (AvgIpc) is 2.79. The molecule has 2 aromatic rings. The molecule has 0 unspecified atom stereocenters. The molecule has 0 spiro atoms. The lowest BCUT2D eigenvalue weighted by Crippen LogP contribution is -2.60. The first kappa shape index (κ1) is 23.1. The molecule has 170 valence electrons. The van der Waals surface area contributed by atoms with Crippen LogP contribution in [0.2, 0.25) is 0 Å². The zero-order valence-corrected chi connectivity index (χ0v) is 17.3. The van der Waals surface area contributed by atoms with Crippen LogP contribution in [0.25, 0.3) is 0 Å². The number of aromatic hydroxyl groups is 1. The van der Waals surface area contributed by atoms with Crippen LogP contribution in [0.1, 0.15) is 11.1 Å². The fourth-order valence-electron chi connectivity index (χ4n) is 3.41. The van der Waals surface area contributed by atoms with Crippen molar-refractivity contribution < 1.29 is 44.5 Å². The van der Waals surface area contributed by atoms with Crippen LogP contribution in [-0.4, -0.2) is 77.1 Å². The molecule has 1 aliphatic heterocycles. The van der Waals surface area contributed by atoms with E-state index >= 15 is 0 Å². The Morgan fingerprint density at radius 2 is 1.48 bits per heavy atom. The third-order valence-electron chi connectivity index (χ3n) is 5.23. The number of phenols is 1. The summed E-state index contributed by atoms with van der Waals surface area (Å²) in [7, 11) is 3.18. The van der Waals surface area contributed by atoms with E-state index in [4.69, 9.17) is 18.9 Å². The van der Waals surface area contributed by atoms with Gasteiger partial charge in [0, 0.05) is 6.07 Å². The number of aliphatic hydroxyl groups excluding tert-OH is 4. The molecule has 0 bridgehead atoms. The van der Waals surface area contributed by atoms with Gasteiger partial charge in [0.1, 0.15) is 35.9 Å². The summed E-state index contributed by atoms with van der Waals surface area (Å²) in [5.74, 6) is 1.26. The molecule has 1 aliphatic rings. The molecule has 1 fully saturated rings. The number of aryl methyl sites for hydroxylation is 2. The summed E-state index contributed by atoms with van der Waals surface area (Å²) >= 11 is 0. The molecule has 0 saturated carbocycles. The fraction of sp³-hybridized carbons (Fsp3) is 0.455. The molecule has 9 nitrogen and oxygen atoms in total. The highest BCUT2D eigenvalue weighted by Gasteiger charge is 2.44. The van der Waals surface area contributed by atoms with Crippen LogP contribution in [0, 0.1) is 0 Å². The van der Waals surface area contributed by atoms with E-state index < -0.39 is 37.3 Å². The van der Waals surface area contributed by atoms with Crippen molar-refractivity contribution in [2.75, 3.05) is 20.8 Å². The second-order valence-corrected chi connectivity index (χ2v) is 7.34. The van der Waals surface area contributed by atoms with Gasteiger partial charge in [0.05, 0.1) is 20.8 Å². The maximum Gasteiger partial charge on any atom is 0.229 e. The van der Waals surface area contributed by atoms with Gasteiger partial charge in [-0.15, -0.1) is 0 Å². The molecular weight excluding hydrogens is 408 g/mol. The van der Waals surface area contributed by atoms with Gasteiger partial charge in [-0.2, -0.15) is 0 Å². The largest absolute Gasteiger partial charge is 0.504 e. The predicted molar refractivity (Wildman–Crippen MR) is 109 cm³/mol. The first-order valence-corrected chi connectivity index (χ1v) is 9.87. The molecule has 1 heterocycles. The standard InChI is InChI=1S/C22H28O9/c1-28-14-7-13(8-15(10-14)29-2)4-3-12-5-6-17(16(24)9-12)30-22-21(27)20(26)19(25)18(11-23)31-22/h5-10,18-27H,3-4,11H2,1-2H3/t18-,19-,20+,21-,22-/m1/s1. The number of methoxy groups -OCH3 is 2. The van der Waals surface area contributed by atoms with Crippen LogP contribution in [0.5, 0.6) is 23.0 Å². The predicted octanol–water partition coefficient (Wildman–Crippen LogP) is 0.373. The first-order chi connectivity index (χ1) is 14.9. The van der Waals surface area contributed by atoms with Gasteiger partial charge in [0.2, 0.25) is 6.29 Å². The van der Waals surface area contributed by atoms with Crippen molar-refractivity contribution in [3.8, 4) is 23.0 Å². The summed E-state index contributed by atoms with van der Waals surface area (Å²) in [5, 5.41) is 49.4. The maximum atomic E-state index is 10.3. The Morgan fingerprint density at radius 1 is 0.839 bits per heavy atom. The molecule has 1 saturated heterocycles. The molecule has 3 rings (SSSR count). The van der Waals surface area contributed by atoms with Gasteiger partial charge in [0.25, 0.3) is 0 Å². The van der Waals surface area contributed by atoms with Crippen LogP contribution in [0.15, 0.2) is 36.4 Å². The summed E-state index contributed by atoms with van der Waals surface area (Å²) in [6.07, 6.45) is -5.74. The van der Waals surface area contributed by atoms with Gasteiger partial charge in [-0.3, -0.25) is 0 Å². The lowest BCUT2D eigenvalue weighted by molar-refractivity contribution is -0.277. The number of ether oxygens (including phenoxy) is 4. The van der Waals surface area contributed by atoms with Gasteiger partial charge in [-0.05, 0) is 48.2 Å². The monoisotopic (exact) mass is 436 g/mol. The Hall–Kier alpha value is -2.56. The number of rotatable bonds is 8. The van der Waals surface area contributed by atoms with Crippen LogP contribution >= 0.6 is 0 Å². The van der Waals surface area contributed by atoms with E-state index in [1.165, 1.54) is 12.1 Å². The number of phenolic OH excluding ortho intramolecular Hbond substituents is 1. The van der Waals surface area contributed by atoms with Crippen molar-refractivity contribution in [3.63, 3.8) is 0 Å². The van der Waals surface area contributed by atoms with Crippen LogP contribution < -0.4 is 14.2 Å². The molecule has 5 atom stereocenters. The summed E-state index contributed by atoms with van der Waals surface area (Å²) < 4.78 is 21.3. The Balaban J connectivity index is 1.66. The zero-order chi connectivity index (χ0) is 22.5. The lowest BCUT2D eigenvalue weighted by atomic mass is 9.99. The van der Waals surface area contributed by atoms with Crippen molar-refractivity contribution in [1.29, 1.82) is 0 Å². The van der Waals surface area contributed by atoms with Crippen molar-refractivity contribution in [1.82, 2.24) is 0 Å². The van der Waals surface area contributed by atoms with E-state index in [2.05, 4.69) is 0 Å². The minimum atomic E-state index is -1.56. The minimum absolute atomic E-state index is 0.0381. The zero-order valence-electron chi connectivity index (χ0n) is 17.3. The van der Waals surface area contributed by atoms with Gasteiger partial charge in [-0.25, -0.2) is 0 Å². The number of hydrogen-bond acceptors (Lipinski definition) is 9. The summed E-state index contributed by atoms with van der Waals surface area (Å²) in [5.41, 5.74) is 1.86. The molecule has 31 heavy (non-hydrogen) atoms. The third-order valence-corrected chi connectivity index (χ3v) is 5.23. The Bertz CT molecular complexity index is 848. The molecule has 2 aromatic carbocycles. The fourth-order valence-corrected chi connectivity index (χ4v) is 3.41. The van der Waals surface area contributed by atoms with E-state index in [0.29, 0.717) is 24.3 Å². The van der Waals surface area contributed by atoms with E-state index in [0.717, 1.165) is 11.1 Å². The summed E-state index contributed by atoms with van der Waals surface area (Å²) in [6.45, 7) is -0.565. The topological polar surface area (TPSA) is 138 Å². The normalized spacial score (nSPS) is 25.8. The van der Waals surface area contributed by atoms with E-state index in [1.54, 1.807) is 26.4 Å². The average molecular weight is 436 g/mol. The highest BCUT2D eigenvalue weighted by atomic mass is 16.7. The molecular formula is C22H28O9. The Kier molecular flexibility index (Phi) is 7.58. The number of aliphatic hydroxyl groups is 4. The first-order valence-electron chi connectivity index (χ1n) is 9.87. The van der Waals surface area contributed by atoms with Crippen molar-refractivity contribution in [2.24, 2.45) is 0 Å². The van der Waals surface area contributed by atoms with Crippen LogP contribution in [0.4, 0.5) is 0 Å². The minimum Gasteiger partial charge on any atom is -0.504 e. The molecule has 0 aliphatic carbocycles. The van der Waals surface area contributed by atoms with E-state index in [1.807, 2.05) is 12.1 Å². The van der Waals surface area contributed by atoms with E-state index in [-0.39, 0.29) is 11.5 Å². The van der Waals surface area contributed by atoms with Gasteiger partial charge in [0.15, 0.2) is 11.5 Å². The van der Waals surface area contributed by atoms with Gasteiger partial charge < -0.3 is 44.5 Å². The smallest absolute Gasteiger partial charge is 0.229 e.